The third-order valence-corrected chi connectivity index (χ3v) is 5.87. The van der Waals surface area contributed by atoms with Gasteiger partial charge in [-0.3, -0.25) is 0 Å². The van der Waals surface area contributed by atoms with E-state index in [2.05, 4.69) is 0 Å². The lowest BCUT2D eigenvalue weighted by Gasteiger charge is -2.21. The Kier molecular flexibility index (Phi) is 4.48. The first-order chi connectivity index (χ1) is 11.0. The Morgan fingerprint density at radius 2 is 1.78 bits per heavy atom. The molecule has 1 aliphatic rings. The number of hydrogen-bond acceptors (Lipinski definition) is 3. The van der Waals surface area contributed by atoms with Gasteiger partial charge in [0.05, 0.1) is 18.1 Å². The van der Waals surface area contributed by atoms with Crippen molar-refractivity contribution in [1.82, 2.24) is 4.31 Å². The van der Waals surface area contributed by atoms with Crippen LogP contribution in [0.15, 0.2) is 47.4 Å². The highest BCUT2D eigenvalue weighted by molar-refractivity contribution is 7.89. The van der Waals surface area contributed by atoms with E-state index >= 15 is 0 Å². The number of nitrogens with zero attached hydrogens (tertiary/aromatic N) is 1. The van der Waals surface area contributed by atoms with Gasteiger partial charge < -0.3 is 4.74 Å². The van der Waals surface area contributed by atoms with E-state index in [9.17, 15) is 12.8 Å². The Hall–Kier alpha value is -1.76. The molecule has 0 bridgehead atoms. The van der Waals surface area contributed by atoms with Crippen LogP contribution in [0.4, 0.5) is 4.39 Å². The highest BCUT2D eigenvalue weighted by Gasteiger charge is 2.25. The molecule has 0 radical (unpaired) electrons. The maximum Gasteiger partial charge on any atom is 0.243 e. The Labute approximate surface area is 135 Å². The molecular formula is C17H18FNO3S. The van der Waals surface area contributed by atoms with E-state index in [-0.39, 0.29) is 17.3 Å². The van der Waals surface area contributed by atoms with Crippen molar-refractivity contribution in [2.24, 2.45) is 0 Å². The number of halogens is 1. The fourth-order valence-corrected chi connectivity index (χ4v) is 4.11. The summed E-state index contributed by atoms with van der Waals surface area (Å²) in [4.78, 5) is 0.269. The molecule has 2 aromatic rings. The molecule has 0 aromatic heterocycles. The van der Waals surface area contributed by atoms with E-state index in [4.69, 9.17) is 4.74 Å². The molecular weight excluding hydrogens is 317 g/mol. The van der Waals surface area contributed by atoms with Crippen LogP contribution in [0.3, 0.4) is 0 Å². The van der Waals surface area contributed by atoms with Crippen molar-refractivity contribution in [3.05, 3.63) is 65.0 Å². The highest BCUT2D eigenvalue weighted by Crippen LogP contribution is 2.25. The van der Waals surface area contributed by atoms with Crippen LogP contribution in [0.25, 0.3) is 0 Å². The second-order valence-corrected chi connectivity index (χ2v) is 7.42. The van der Waals surface area contributed by atoms with Gasteiger partial charge in [0.15, 0.2) is 0 Å². The maximum atomic E-state index is 13.0. The zero-order valence-electron chi connectivity index (χ0n) is 12.8. The summed E-state index contributed by atoms with van der Waals surface area (Å²) >= 11 is 0. The third-order valence-electron chi connectivity index (χ3n) is 3.96. The lowest BCUT2D eigenvalue weighted by Crippen LogP contribution is -2.30. The zero-order chi connectivity index (χ0) is 16.4. The summed E-state index contributed by atoms with van der Waals surface area (Å²) < 4.78 is 45.4. The van der Waals surface area contributed by atoms with Crippen molar-refractivity contribution >= 4 is 10.0 Å². The summed E-state index contributed by atoms with van der Waals surface area (Å²) in [5.74, 6) is -0.335. The molecule has 0 spiro atoms. The van der Waals surface area contributed by atoms with Crippen molar-refractivity contribution in [3.8, 4) is 0 Å². The van der Waals surface area contributed by atoms with Gasteiger partial charge in [0, 0.05) is 13.1 Å². The van der Waals surface area contributed by atoms with Crippen LogP contribution in [-0.2, 0) is 34.5 Å². The zero-order valence-corrected chi connectivity index (χ0v) is 13.6. The highest BCUT2D eigenvalue weighted by atomic mass is 32.2. The Bertz CT molecular complexity index is 803. The molecule has 122 valence electrons. The van der Waals surface area contributed by atoms with Crippen molar-refractivity contribution in [3.63, 3.8) is 0 Å². The van der Waals surface area contributed by atoms with Gasteiger partial charge in [-0.15, -0.1) is 0 Å². The smallest absolute Gasteiger partial charge is 0.243 e. The minimum atomic E-state index is -3.60. The first kappa shape index (κ1) is 16.1. The molecule has 23 heavy (non-hydrogen) atoms. The Balaban J connectivity index is 1.88. The normalized spacial score (nSPS) is 14.2. The molecule has 0 unspecified atom stereocenters. The van der Waals surface area contributed by atoms with E-state index in [1.54, 1.807) is 37.3 Å². The summed E-state index contributed by atoms with van der Waals surface area (Å²) in [6.45, 7) is 3.32. The van der Waals surface area contributed by atoms with Crippen molar-refractivity contribution in [2.75, 3.05) is 6.54 Å². The molecule has 6 heteroatoms. The number of ether oxygens (including phenoxy) is 1. The molecule has 0 fully saturated rings. The average Bonchev–Trinajstić information content (AvgIpc) is 3.01. The van der Waals surface area contributed by atoms with Gasteiger partial charge in [0.2, 0.25) is 10.0 Å². The van der Waals surface area contributed by atoms with Crippen molar-refractivity contribution in [2.45, 2.75) is 31.6 Å². The number of rotatable bonds is 5. The van der Waals surface area contributed by atoms with E-state index in [1.807, 2.05) is 0 Å². The second kappa shape index (κ2) is 6.39. The predicted molar refractivity (Wildman–Crippen MR) is 84.6 cm³/mol. The summed E-state index contributed by atoms with van der Waals surface area (Å²) in [6, 6.07) is 11.0. The number of fused-ring (bicyclic) bond motifs is 1. The van der Waals surface area contributed by atoms with Crippen LogP contribution in [0.2, 0.25) is 0 Å². The molecule has 3 rings (SSSR count). The Morgan fingerprint density at radius 3 is 2.48 bits per heavy atom. The van der Waals surface area contributed by atoms with Crippen LogP contribution in [0.5, 0.6) is 0 Å². The van der Waals surface area contributed by atoms with Crippen molar-refractivity contribution < 1.29 is 17.5 Å². The topological polar surface area (TPSA) is 46.6 Å². The summed E-state index contributed by atoms with van der Waals surface area (Å²) in [5, 5.41) is 0. The molecule has 4 nitrogen and oxygen atoms in total. The molecule has 0 atom stereocenters. The SMILES string of the molecule is CCN(Cc1ccc(F)cc1)S(=O)(=O)c1ccc2c(c1)COC2. The molecule has 0 aliphatic carbocycles. The van der Waals surface area contributed by atoms with Gasteiger partial charge in [0.25, 0.3) is 0 Å². The lowest BCUT2D eigenvalue weighted by atomic mass is 10.1. The molecule has 1 heterocycles. The fourth-order valence-electron chi connectivity index (χ4n) is 2.62. The summed E-state index contributed by atoms with van der Waals surface area (Å²) in [7, 11) is -3.60. The summed E-state index contributed by atoms with van der Waals surface area (Å²) in [5.41, 5.74) is 2.70. The number of sulfonamides is 1. The minimum Gasteiger partial charge on any atom is -0.372 e. The van der Waals surface area contributed by atoms with Gasteiger partial charge in [-0.1, -0.05) is 25.1 Å². The molecule has 0 saturated carbocycles. The fraction of sp³-hybridized carbons (Fsp3) is 0.294. The van der Waals surface area contributed by atoms with Gasteiger partial charge in [-0.05, 0) is 41.0 Å². The standard InChI is InChI=1S/C17H18FNO3S/c1-2-19(10-13-3-6-16(18)7-4-13)23(20,21)17-8-5-14-11-22-12-15(14)9-17/h3-9H,2,10-12H2,1H3. The maximum absolute atomic E-state index is 13.0. The lowest BCUT2D eigenvalue weighted by molar-refractivity contribution is 0.134. The molecule has 0 N–H and O–H groups in total. The third kappa shape index (κ3) is 3.29. The molecule has 0 saturated heterocycles. The number of hydrogen-bond donors (Lipinski definition) is 0. The van der Waals surface area contributed by atoms with Crippen LogP contribution in [0.1, 0.15) is 23.6 Å². The monoisotopic (exact) mass is 335 g/mol. The van der Waals surface area contributed by atoms with Gasteiger partial charge in [0.1, 0.15) is 5.82 Å². The van der Waals surface area contributed by atoms with E-state index in [1.165, 1.54) is 16.4 Å². The minimum absolute atomic E-state index is 0.215. The van der Waals surface area contributed by atoms with E-state index in [0.29, 0.717) is 19.8 Å². The van der Waals surface area contributed by atoms with E-state index < -0.39 is 10.0 Å². The first-order valence-corrected chi connectivity index (χ1v) is 8.89. The Morgan fingerprint density at radius 1 is 1.09 bits per heavy atom. The van der Waals surface area contributed by atoms with Crippen molar-refractivity contribution in [1.29, 1.82) is 0 Å². The van der Waals surface area contributed by atoms with Gasteiger partial charge >= 0.3 is 0 Å². The van der Waals surface area contributed by atoms with Crippen LogP contribution >= 0.6 is 0 Å². The van der Waals surface area contributed by atoms with E-state index in [0.717, 1.165) is 16.7 Å². The molecule has 0 amide bonds. The quantitative estimate of drug-likeness (QED) is 0.844. The predicted octanol–water partition coefficient (Wildman–Crippen LogP) is 3.07. The second-order valence-electron chi connectivity index (χ2n) is 5.48. The van der Waals surface area contributed by atoms with Gasteiger partial charge in [-0.2, -0.15) is 4.31 Å². The van der Waals surface area contributed by atoms with Crippen LogP contribution in [-0.4, -0.2) is 19.3 Å². The molecule has 2 aromatic carbocycles. The average molecular weight is 335 g/mol. The summed E-state index contributed by atoms with van der Waals surface area (Å²) in [6.07, 6.45) is 0. The first-order valence-electron chi connectivity index (χ1n) is 7.45. The van der Waals surface area contributed by atoms with Crippen LogP contribution in [0, 0.1) is 5.82 Å². The molecule has 1 aliphatic heterocycles. The largest absolute Gasteiger partial charge is 0.372 e. The van der Waals surface area contributed by atoms with Crippen LogP contribution < -0.4 is 0 Å². The number of benzene rings is 2. The van der Waals surface area contributed by atoms with Gasteiger partial charge in [-0.25, -0.2) is 12.8 Å².